The van der Waals surface area contributed by atoms with Crippen molar-refractivity contribution >= 4 is 34.9 Å². The zero-order valence-electron chi connectivity index (χ0n) is 17.1. The molecule has 1 fully saturated rings. The Bertz CT molecular complexity index is 962. The number of hydrogen-bond acceptors (Lipinski definition) is 8. The number of para-hydroxylation sites is 1. The molecular formula is C22H26N6OS. The van der Waals surface area contributed by atoms with Gasteiger partial charge in [-0.2, -0.15) is 0 Å². The van der Waals surface area contributed by atoms with Crippen LogP contribution in [0.4, 0.5) is 23.1 Å². The van der Waals surface area contributed by atoms with Gasteiger partial charge in [-0.1, -0.05) is 18.2 Å². The SMILES string of the molecule is CSc1ccccc1Nc1cc(Nc2ccc(C(C)NC3CCOC3)cn2)ncn1. The lowest BCUT2D eigenvalue weighted by Gasteiger charge is -2.18. The van der Waals surface area contributed by atoms with E-state index in [0.29, 0.717) is 11.9 Å². The molecule has 1 saturated heterocycles. The molecule has 3 N–H and O–H groups in total. The summed E-state index contributed by atoms with van der Waals surface area (Å²) in [6, 6.07) is 14.7. The molecule has 1 aliphatic rings. The summed E-state index contributed by atoms with van der Waals surface area (Å²) in [7, 11) is 0. The van der Waals surface area contributed by atoms with Gasteiger partial charge in [-0.25, -0.2) is 15.0 Å². The summed E-state index contributed by atoms with van der Waals surface area (Å²) < 4.78 is 5.43. The minimum atomic E-state index is 0.226. The maximum atomic E-state index is 5.43. The second-order valence-electron chi connectivity index (χ2n) is 7.16. The van der Waals surface area contributed by atoms with Crippen LogP contribution in [0.5, 0.6) is 0 Å². The second kappa shape index (κ2) is 9.88. The topological polar surface area (TPSA) is 84.0 Å². The summed E-state index contributed by atoms with van der Waals surface area (Å²) in [6.07, 6.45) is 6.55. The predicted molar refractivity (Wildman–Crippen MR) is 122 cm³/mol. The fraction of sp³-hybridized carbons (Fsp3) is 0.318. The van der Waals surface area contributed by atoms with Gasteiger partial charge in [0, 0.05) is 35.8 Å². The lowest BCUT2D eigenvalue weighted by atomic mass is 10.1. The van der Waals surface area contributed by atoms with Crippen molar-refractivity contribution in [3.63, 3.8) is 0 Å². The van der Waals surface area contributed by atoms with Crippen molar-refractivity contribution in [1.29, 1.82) is 0 Å². The van der Waals surface area contributed by atoms with Crippen LogP contribution in [0.15, 0.2) is 59.9 Å². The van der Waals surface area contributed by atoms with Gasteiger partial charge in [-0.05, 0) is 43.4 Å². The summed E-state index contributed by atoms with van der Waals surface area (Å²) in [6.45, 7) is 3.77. The Labute approximate surface area is 181 Å². The third-order valence-electron chi connectivity index (χ3n) is 4.99. The van der Waals surface area contributed by atoms with Crippen LogP contribution in [-0.2, 0) is 4.74 Å². The van der Waals surface area contributed by atoms with E-state index < -0.39 is 0 Å². The van der Waals surface area contributed by atoms with Gasteiger partial charge in [-0.15, -0.1) is 11.8 Å². The number of thioether (sulfide) groups is 1. The normalized spacial score (nSPS) is 16.9. The lowest BCUT2D eigenvalue weighted by molar-refractivity contribution is 0.188. The molecule has 0 amide bonds. The Morgan fingerprint density at radius 3 is 2.60 bits per heavy atom. The standard InChI is InChI=1S/C22H26N6OS/c1-15(26-17-9-10-29-13-17)16-7-8-20(23-12-16)28-22-11-21(24-14-25-22)27-18-5-3-4-6-19(18)30-2/h3-8,11-12,14-15,17,26H,9-10,13H2,1-2H3,(H2,23,24,25,27,28). The molecule has 2 unspecified atom stereocenters. The smallest absolute Gasteiger partial charge is 0.137 e. The Hall–Kier alpha value is -2.68. The molecule has 30 heavy (non-hydrogen) atoms. The molecule has 4 rings (SSSR count). The summed E-state index contributed by atoms with van der Waals surface area (Å²) in [4.78, 5) is 14.3. The van der Waals surface area contributed by atoms with E-state index in [2.05, 4.69) is 56.2 Å². The van der Waals surface area contributed by atoms with Crippen LogP contribution in [0.1, 0.15) is 24.9 Å². The van der Waals surface area contributed by atoms with E-state index in [9.17, 15) is 0 Å². The van der Waals surface area contributed by atoms with E-state index in [4.69, 9.17) is 4.74 Å². The first-order chi connectivity index (χ1) is 14.7. The number of ether oxygens (including phenoxy) is 1. The third kappa shape index (κ3) is 5.27. The van der Waals surface area contributed by atoms with Crippen LogP contribution >= 0.6 is 11.8 Å². The average molecular weight is 423 g/mol. The summed E-state index contributed by atoms with van der Waals surface area (Å²) >= 11 is 1.69. The first-order valence-corrected chi connectivity index (χ1v) is 11.2. The molecule has 2 atom stereocenters. The first-order valence-electron chi connectivity index (χ1n) is 10.00. The van der Waals surface area contributed by atoms with Gasteiger partial charge in [0.1, 0.15) is 23.8 Å². The van der Waals surface area contributed by atoms with Crippen molar-refractivity contribution in [1.82, 2.24) is 20.3 Å². The fourth-order valence-electron chi connectivity index (χ4n) is 3.36. The zero-order valence-corrected chi connectivity index (χ0v) is 17.9. The lowest BCUT2D eigenvalue weighted by Crippen LogP contribution is -2.31. The minimum Gasteiger partial charge on any atom is -0.380 e. The molecule has 0 spiro atoms. The number of nitrogens with one attached hydrogen (secondary N) is 3. The number of nitrogens with zero attached hydrogens (tertiary/aromatic N) is 3. The molecule has 3 aromatic rings. The third-order valence-corrected chi connectivity index (χ3v) is 5.79. The Balaban J connectivity index is 1.40. The summed E-state index contributed by atoms with van der Waals surface area (Å²) in [5, 5.41) is 10.2. The van der Waals surface area contributed by atoms with E-state index in [0.717, 1.165) is 47.4 Å². The van der Waals surface area contributed by atoms with E-state index in [1.54, 1.807) is 11.8 Å². The molecule has 1 aliphatic heterocycles. The van der Waals surface area contributed by atoms with E-state index in [-0.39, 0.29) is 6.04 Å². The highest BCUT2D eigenvalue weighted by molar-refractivity contribution is 7.98. The van der Waals surface area contributed by atoms with Gasteiger partial charge in [0.05, 0.1) is 12.3 Å². The maximum Gasteiger partial charge on any atom is 0.137 e. The Morgan fingerprint density at radius 2 is 1.87 bits per heavy atom. The minimum absolute atomic E-state index is 0.226. The highest BCUT2D eigenvalue weighted by Gasteiger charge is 2.18. The van der Waals surface area contributed by atoms with Gasteiger partial charge < -0.3 is 20.7 Å². The number of hydrogen-bond donors (Lipinski definition) is 3. The number of pyridine rings is 1. The fourth-order valence-corrected chi connectivity index (χ4v) is 3.92. The summed E-state index contributed by atoms with van der Waals surface area (Å²) in [5.74, 6) is 2.15. The van der Waals surface area contributed by atoms with Crippen LogP contribution in [0.3, 0.4) is 0 Å². The molecule has 7 nitrogen and oxygen atoms in total. The molecule has 8 heteroatoms. The van der Waals surface area contributed by atoms with Gasteiger partial charge >= 0.3 is 0 Å². The number of anilines is 4. The van der Waals surface area contributed by atoms with Crippen molar-refractivity contribution in [3.05, 3.63) is 60.6 Å². The monoisotopic (exact) mass is 422 g/mol. The molecule has 1 aromatic carbocycles. The van der Waals surface area contributed by atoms with E-state index >= 15 is 0 Å². The average Bonchev–Trinajstić information content (AvgIpc) is 3.28. The first kappa shape index (κ1) is 20.6. The number of rotatable bonds is 8. The summed E-state index contributed by atoms with van der Waals surface area (Å²) in [5.41, 5.74) is 2.16. The second-order valence-corrected chi connectivity index (χ2v) is 8.01. The Morgan fingerprint density at radius 1 is 1.03 bits per heavy atom. The molecule has 156 valence electrons. The van der Waals surface area contributed by atoms with Crippen LogP contribution in [0.25, 0.3) is 0 Å². The van der Waals surface area contributed by atoms with Crippen LogP contribution < -0.4 is 16.0 Å². The van der Waals surface area contributed by atoms with Gasteiger partial charge in [0.15, 0.2) is 0 Å². The predicted octanol–water partition coefficient (Wildman–Crippen LogP) is 4.52. The molecule has 0 aliphatic carbocycles. The highest BCUT2D eigenvalue weighted by Crippen LogP contribution is 2.27. The Kier molecular flexibility index (Phi) is 6.78. The molecule has 3 heterocycles. The molecule has 0 radical (unpaired) electrons. The van der Waals surface area contributed by atoms with E-state index in [1.807, 2.05) is 36.5 Å². The van der Waals surface area contributed by atoms with Crippen molar-refractivity contribution < 1.29 is 4.74 Å². The highest BCUT2D eigenvalue weighted by atomic mass is 32.2. The van der Waals surface area contributed by atoms with Crippen molar-refractivity contribution in [2.75, 3.05) is 30.1 Å². The number of benzene rings is 1. The van der Waals surface area contributed by atoms with Gasteiger partial charge in [-0.3, -0.25) is 0 Å². The van der Waals surface area contributed by atoms with E-state index in [1.165, 1.54) is 6.33 Å². The van der Waals surface area contributed by atoms with Crippen LogP contribution in [0, 0.1) is 0 Å². The molecule has 0 saturated carbocycles. The number of aromatic nitrogens is 3. The quantitative estimate of drug-likeness (QED) is 0.457. The van der Waals surface area contributed by atoms with Crippen molar-refractivity contribution in [3.8, 4) is 0 Å². The maximum absolute atomic E-state index is 5.43. The molecular weight excluding hydrogens is 396 g/mol. The van der Waals surface area contributed by atoms with Crippen molar-refractivity contribution in [2.24, 2.45) is 0 Å². The van der Waals surface area contributed by atoms with Crippen molar-refractivity contribution in [2.45, 2.75) is 30.3 Å². The van der Waals surface area contributed by atoms with Crippen LogP contribution in [0.2, 0.25) is 0 Å². The van der Waals surface area contributed by atoms with Gasteiger partial charge in [0.2, 0.25) is 0 Å². The van der Waals surface area contributed by atoms with Gasteiger partial charge in [0.25, 0.3) is 0 Å². The molecule has 0 bridgehead atoms. The molecule has 2 aromatic heterocycles. The largest absolute Gasteiger partial charge is 0.380 e. The zero-order chi connectivity index (χ0) is 20.8. The van der Waals surface area contributed by atoms with Crippen LogP contribution in [-0.4, -0.2) is 40.5 Å².